The predicted molar refractivity (Wildman–Crippen MR) is 70.9 cm³/mol. The number of thioether (sulfide) groups is 1. The Morgan fingerprint density at radius 2 is 2.40 bits per heavy atom. The van der Waals surface area contributed by atoms with Gasteiger partial charge in [-0.05, 0) is 24.5 Å². The van der Waals surface area contributed by atoms with Gasteiger partial charge in [0.05, 0.1) is 10.2 Å². The van der Waals surface area contributed by atoms with E-state index in [1.807, 2.05) is 30.0 Å². The zero-order valence-corrected chi connectivity index (χ0v) is 10.1. The zero-order valence-electron chi connectivity index (χ0n) is 8.49. The first-order valence-corrected chi connectivity index (χ1v) is 6.89. The fraction of sp³-hybridized carbons (Fsp3) is 0.300. The van der Waals surface area contributed by atoms with Crippen LogP contribution in [0.3, 0.4) is 0 Å². The molecule has 0 aliphatic heterocycles. The molecule has 3 N–H and O–H groups in total. The molecule has 0 fully saturated rings. The normalized spacial score (nSPS) is 10.7. The highest BCUT2D eigenvalue weighted by atomic mass is 32.2. The molecule has 0 saturated heterocycles. The lowest BCUT2D eigenvalue weighted by molar-refractivity contribution is 1.21. The van der Waals surface area contributed by atoms with E-state index in [2.05, 4.69) is 16.6 Å². The number of nitrogens with two attached hydrogens (primary N) is 1. The van der Waals surface area contributed by atoms with Gasteiger partial charge >= 0.3 is 0 Å². The summed E-state index contributed by atoms with van der Waals surface area (Å²) in [5.74, 6) is 1.10. The Morgan fingerprint density at radius 3 is 3.20 bits per heavy atom. The van der Waals surface area contributed by atoms with Crippen LogP contribution in [0.4, 0.5) is 10.8 Å². The monoisotopic (exact) mass is 239 g/mol. The van der Waals surface area contributed by atoms with Gasteiger partial charge in [0.2, 0.25) is 0 Å². The molecule has 0 bridgehead atoms. The van der Waals surface area contributed by atoms with Crippen molar-refractivity contribution in [2.45, 2.75) is 0 Å². The minimum absolute atomic E-state index is 0.793. The van der Waals surface area contributed by atoms with Crippen molar-refractivity contribution in [2.24, 2.45) is 0 Å². The van der Waals surface area contributed by atoms with Crippen LogP contribution in [0.5, 0.6) is 0 Å². The molecule has 2 aromatic rings. The maximum atomic E-state index is 5.71. The molecule has 1 heterocycles. The number of thiazole rings is 1. The molecule has 1 aromatic heterocycles. The molecule has 0 amide bonds. The average molecular weight is 239 g/mol. The van der Waals surface area contributed by atoms with E-state index in [1.165, 1.54) is 0 Å². The molecule has 0 radical (unpaired) electrons. The molecule has 0 saturated carbocycles. The molecule has 80 valence electrons. The van der Waals surface area contributed by atoms with Gasteiger partial charge in [-0.15, -0.1) is 0 Å². The molecule has 0 aliphatic rings. The summed E-state index contributed by atoms with van der Waals surface area (Å²) in [5.41, 5.74) is 7.52. The summed E-state index contributed by atoms with van der Waals surface area (Å²) in [6.07, 6.45) is 2.10. The second kappa shape index (κ2) is 4.72. The first kappa shape index (κ1) is 10.6. The molecule has 0 unspecified atom stereocenters. The summed E-state index contributed by atoms with van der Waals surface area (Å²) < 4.78 is 1.14. The van der Waals surface area contributed by atoms with E-state index in [9.17, 15) is 0 Å². The van der Waals surface area contributed by atoms with Gasteiger partial charge in [0.25, 0.3) is 0 Å². The van der Waals surface area contributed by atoms with E-state index in [1.54, 1.807) is 11.3 Å². The molecule has 1 aromatic carbocycles. The number of nitrogen functional groups attached to an aromatic ring is 1. The van der Waals surface area contributed by atoms with Crippen LogP contribution in [0.1, 0.15) is 0 Å². The second-order valence-electron chi connectivity index (χ2n) is 3.17. The van der Waals surface area contributed by atoms with Gasteiger partial charge in [0, 0.05) is 18.0 Å². The van der Waals surface area contributed by atoms with Crippen molar-refractivity contribution in [3.05, 3.63) is 18.2 Å². The van der Waals surface area contributed by atoms with Crippen molar-refractivity contribution in [1.82, 2.24) is 4.98 Å². The Labute approximate surface area is 97.1 Å². The smallest absolute Gasteiger partial charge is 0.183 e. The number of fused-ring (bicyclic) bond motifs is 1. The average Bonchev–Trinajstić information content (AvgIpc) is 2.60. The molecular weight excluding hydrogens is 226 g/mol. The first-order chi connectivity index (χ1) is 7.29. The van der Waals surface area contributed by atoms with Crippen LogP contribution in [-0.4, -0.2) is 23.5 Å². The van der Waals surface area contributed by atoms with Gasteiger partial charge in [-0.2, -0.15) is 11.8 Å². The van der Waals surface area contributed by atoms with Gasteiger partial charge in [0.1, 0.15) is 0 Å². The van der Waals surface area contributed by atoms with Crippen LogP contribution in [-0.2, 0) is 0 Å². The molecule has 0 spiro atoms. The highest BCUT2D eigenvalue weighted by molar-refractivity contribution is 7.98. The van der Waals surface area contributed by atoms with E-state index in [4.69, 9.17) is 5.73 Å². The maximum absolute atomic E-state index is 5.71. The van der Waals surface area contributed by atoms with Crippen LogP contribution >= 0.6 is 23.1 Å². The summed E-state index contributed by atoms with van der Waals surface area (Å²) in [5, 5.41) is 4.28. The minimum Gasteiger partial charge on any atom is -0.399 e. The third kappa shape index (κ3) is 2.54. The van der Waals surface area contributed by atoms with Crippen LogP contribution in [0.2, 0.25) is 0 Å². The van der Waals surface area contributed by atoms with Crippen molar-refractivity contribution in [3.8, 4) is 0 Å². The Morgan fingerprint density at radius 1 is 1.53 bits per heavy atom. The van der Waals surface area contributed by atoms with Gasteiger partial charge in [-0.1, -0.05) is 11.3 Å². The number of hydrogen-bond donors (Lipinski definition) is 2. The fourth-order valence-electron chi connectivity index (χ4n) is 1.28. The molecule has 15 heavy (non-hydrogen) atoms. The quantitative estimate of drug-likeness (QED) is 0.636. The number of nitrogens with one attached hydrogen (secondary N) is 1. The highest BCUT2D eigenvalue weighted by Gasteiger charge is 2.02. The second-order valence-corrected chi connectivity index (χ2v) is 5.18. The van der Waals surface area contributed by atoms with Crippen molar-refractivity contribution in [1.29, 1.82) is 0 Å². The SMILES string of the molecule is CSCCNc1nc2ccc(N)cc2s1. The Bertz CT molecular complexity index is 453. The number of hydrogen-bond acceptors (Lipinski definition) is 5. The van der Waals surface area contributed by atoms with Gasteiger partial charge in [-0.3, -0.25) is 0 Å². The van der Waals surface area contributed by atoms with Crippen LogP contribution < -0.4 is 11.1 Å². The molecular formula is C10H13N3S2. The minimum atomic E-state index is 0.793. The van der Waals surface area contributed by atoms with Gasteiger partial charge < -0.3 is 11.1 Å². The third-order valence-corrected chi connectivity index (χ3v) is 3.58. The number of nitrogens with zero attached hydrogens (tertiary/aromatic N) is 1. The summed E-state index contributed by atoms with van der Waals surface area (Å²) in [6, 6.07) is 5.81. The molecule has 5 heteroatoms. The van der Waals surface area contributed by atoms with Crippen molar-refractivity contribution >= 4 is 44.1 Å². The lowest BCUT2D eigenvalue weighted by Gasteiger charge is -1.98. The predicted octanol–water partition coefficient (Wildman–Crippen LogP) is 2.65. The molecule has 0 atom stereocenters. The van der Waals surface area contributed by atoms with Crippen LogP contribution in [0.15, 0.2) is 18.2 Å². The maximum Gasteiger partial charge on any atom is 0.183 e. The van der Waals surface area contributed by atoms with E-state index in [0.717, 1.165) is 33.3 Å². The van der Waals surface area contributed by atoms with E-state index >= 15 is 0 Å². The summed E-state index contributed by atoms with van der Waals surface area (Å²) in [7, 11) is 0. The number of benzene rings is 1. The molecule has 0 aliphatic carbocycles. The number of anilines is 2. The van der Waals surface area contributed by atoms with Crippen molar-refractivity contribution in [3.63, 3.8) is 0 Å². The Hall–Kier alpha value is -0.940. The van der Waals surface area contributed by atoms with Gasteiger partial charge in [0.15, 0.2) is 5.13 Å². The fourth-order valence-corrected chi connectivity index (χ4v) is 2.52. The standard InChI is InChI=1S/C10H13N3S2/c1-14-5-4-12-10-13-8-3-2-7(11)6-9(8)15-10/h2-3,6H,4-5,11H2,1H3,(H,12,13). The van der Waals surface area contributed by atoms with Crippen LogP contribution in [0, 0.1) is 0 Å². The number of aromatic nitrogens is 1. The summed E-state index contributed by atoms with van der Waals surface area (Å²) in [4.78, 5) is 4.47. The van der Waals surface area contributed by atoms with Gasteiger partial charge in [-0.25, -0.2) is 4.98 Å². The molecule has 3 nitrogen and oxygen atoms in total. The van der Waals surface area contributed by atoms with E-state index < -0.39 is 0 Å². The lowest BCUT2D eigenvalue weighted by atomic mass is 10.3. The van der Waals surface area contributed by atoms with E-state index in [-0.39, 0.29) is 0 Å². The largest absolute Gasteiger partial charge is 0.399 e. The third-order valence-electron chi connectivity index (χ3n) is 1.99. The Kier molecular flexibility index (Phi) is 3.33. The molecule has 2 rings (SSSR count). The lowest BCUT2D eigenvalue weighted by Crippen LogP contribution is -2.02. The van der Waals surface area contributed by atoms with Crippen LogP contribution in [0.25, 0.3) is 10.2 Å². The summed E-state index contributed by atoms with van der Waals surface area (Å²) in [6.45, 7) is 0.955. The topological polar surface area (TPSA) is 50.9 Å². The first-order valence-electron chi connectivity index (χ1n) is 4.68. The van der Waals surface area contributed by atoms with Crippen molar-refractivity contribution in [2.75, 3.05) is 29.6 Å². The Balaban J connectivity index is 2.16. The van der Waals surface area contributed by atoms with Crippen molar-refractivity contribution < 1.29 is 0 Å². The van der Waals surface area contributed by atoms with E-state index in [0.29, 0.717) is 0 Å². The highest BCUT2D eigenvalue weighted by Crippen LogP contribution is 2.27. The summed E-state index contributed by atoms with van der Waals surface area (Å²) >= 11 is 3.47. The number of rotatable bonds is 4. The zero-order chi connectivity index (χ0) is 10.7.